The number of hydrogen-bond acceptors (Lipinski definition) is 3. The van der Waals surface area contributed by atoms with Crippen LogP contribution in [0.3, 0.4) is 0 Å². The molecule has 0 saturated carbocycles. The van der Waals surface area contributed by atoms with E-state index in [9.17, 15) is 9.90 Å². The molecule has 0 fully saturated rings. The van der Waals surface area contributed by atoms with E-state index in [1.807, 2.05) is 0 Å². The molecular weight excluding hydrogens is 280 g/mol. The predicted octanol–water partition coefficient (Wildman–Crippen LogP) is 4.07. The van der Waals surface area contributed by atoms with Gasteiger partial charge in [0.15, 0.2) is 14.1 Å². The number of carbonyl (C=O) groups excluding carboxylic acids is 1. The van der Waals surface area contributed by atoms with Gasteiger partial charge in [-0.25, -0.2) is 0 Å². The SMILES string of the molecule is CCC(CCC1CC(O)C=CC1=O)O[Si](C)(C)C(C)(C)C. The summed E-state index contributed by atoms with van der Waals surface area (Å²) in [6.07, 6.45) is 6.15. The van der Waals surface area contributed by atoms with Gasteiger partial charge in [0.2, 0.25) is 0 Å². The first kappa shape index (κ1) is 18.6. The van der Waals surface area contributed by atoms with Gasteiger partial charge in [0.05, 0.1) is 6.10 Å². The van der Waals surface area contributed by atoms with Crippen molar-refractivity contribution in [1.29, 1.82) is 0 Å². The topological polar surface area (TPSA) is 46.5 Å². The van der Waals surface area contributed by atoms with Crippen molar-refractivity contribution in [2.45, 2.75) is 83.7 Å². The molecule has 3 atom stereocenters. The van der Waals surface area contributed by atoms with E-state index in [1.54, 1.807) is 6.08 Å². The highest BCUT2D eigenvalue weighted by Gasteiger charge is 2.39. The van der Waals surface area contributed by atoms with Crippen molar-refractivity contribution in [3.05, 3.63) is 12.2 Å². The van der Waals surface area contributed by atoms with E-state index in [0.29, 0.717) is 6.42 Å². The van der Waals surface area contributed by atoms with Crippen LogP contribution < -0.4 is 0 Å². The molecule has 0 saturated heterocycles. The Kier molecular flexibility index (Phi) is 6.38. The normalized spacial score (nSPS) is 25.2. The van der Waals surface area contributed by atoms with E-state index in [0.717, 1.165) is 19.3 Å². The van der Waals surface area contributed by atoms with Gasteiger partial charge in [-0.3, -0.25) is 4.79 Å². The fraction of sp³-hybridized carbons (Fsp3) is 0.824. The van der Waals surface area contributed by atoms with Crippen LogP contribution in [0.1, 0.15) is 53.4 Å². The summed E-state index contributed by atoms with van der Waals surface area (Å²) in [4.78, 5) is 11.9. The number of rotatable bonds is 6. The molecule has 0 radical (unpaired) electrons. The third-order valence-corrected chi connectivity index (χ3v) is 9.51. The Morgan fingerprint density at radius 1 is 1.43 bits per heavy atom. The Labute approximate surface area is 130 Å². The molecule has 0 heterocycles. The lowest BCUT2D eigenvalue weighted by molar-refractivity contribution is -0.120. The summed E-state index contributed by atoms with van der Waals surface area (Å²) in [6, 6.07) is 0. The molecule has 0 spiro atoms. The summed E-state index contributed by atoms with van der Waals surface area (Å²) in [5.74, 6) is 0.115. The molecule has 122 valence electrons. The molecule has 4 heteroatoms. The third-order valence-electron chi connectivity index (χ3n) is 4.97. The van der Waals surface area contributed by atoms with E-state index < -0.39 is 14.4 Å². The van der Waals surface area contributed by atoms with Crippen LogP contribution in [0, 0.1) is 5.92 Å². The second kappa shape index (κ2) is 7.21. The minimum absolute atomic E-state index is 0.0398. The first-order valence-corrected chi connectivity index (χ1v) is 11.1. The highest BCUT2D eigenvalue weighted by Crippen LogP contribution is 2.38. The van der Waals surface area contributed by atoms with Crippen LogP contribution in [0.5, 0.6) is 0 Å². The number of aliphatic hydroxyl groups is 1. The molecule has 0 aliphatic heterocycles. The average molecular weight is 313 g/mol. The minimum Gasteiger partial charge on any atom is -0.414 e. The van der Waals surface area contributed by atoms with Crippen LogP contribution in [-0.4, -0.2) is 31.4 Å². The van der Waals surface area contributed by atoms with Gasteiger partial charge >= 0.3 is 0 Å². The van der Waals surface area contributed by atoms with E-state index >= 15 is 0 Å². The standard InChI is InChI=1S/C17H32O3Si/c1-7-15(20-21(5,6)17(2,3)4)10-8-13-12-14(18)9-11-16(13)19/h9,11,13-15,18H,7-8,10,12H2,1-6H3. The number of ketones is 1. The van der Waals surface area contributed by atoms with Gasteiger partial charge in [-0.05, 0) is 49.9 Å². The minimum atomic E-state index is -1.75. The lowest BCUT2D eigenvalue weighted by atomic mass is 9.87. The maximum absolute atomic E-state index is 11.9. The van der Waals surface area contributed by atoms with Crippen molar-refractivity contribution in [2.75, 3.05) is 0 Å². The van der Waals surface area contributed by atoms with Crippen molar-refractivity contribution in [1.82, 2.24) is 0 Å². The van der Waals surface area contributed by atoms with Gasteiger partial charge in [0, 0.05) is 12.0 Å². The second-order valence-electron chi connectivity index (χ2n) is 7.75. The van der Waals surface area contributed by atoms with E-state index in [2.05, 4.69) is 40.8 Å². The van der Waals surface area contributed by atoms with Crippen molar-refractivity contribution in [3.8, 4) is 0 Å². The van der Waals surface area contributed by atoms with Crippen molar-refractivity contribution in [2.24, 2.45) is 5.92 Å². The number of allylic oxidation sites excluding steroid dienone is 1. The smallest absolute Gasteiger partial charge is 0.192 e. The Hall–Kier alpha value is -0.453. The molecule has 1 aliphatic carbocycles. The first-order valence-electron chi connectivity index (χ1n) is 8.14. The molecule has 1 aliphatic rings. The quantitative estimate of drug-likeness (QED) is 0.752. The maximum atomic E-state index is 11.9. The molecule has 0 amide bonds. The largest absolute Gasteiger partial charge is 0.414 e. The summed E-state index contributed by atoms with van der Waals surface area (Å²) in [7, 11) is -1.75. The second-order valence-corrected chi connectivity index (χ2v) is 12.5. The van der Waals surface area contributed by atoms with Crippen molar-refractivity contribution < 1.29 is 14.3 Å². The Bertz CT molecular complexity index is 382. The number of carbonyl (C=O) groups is 1. The van der Waals surface area contributed by atoms with Crippen molar-refractivity contribution >= 4 is 14.1 Å². The highest BCUT2D eigenvalue weighted by atomic mass is 28.4. The first-order chi connectivity index (χ1) is 9.56. The molecular formula is C17H32O3Si. The van der Waals surface area contributed by atoms with Gasteiger partial charge in [0.25, 0.3) is 0 Å². The van der Waals surface area contributed by atoms with Gasteiger partial charge in [-0.1, -0.05) is 33.8 Å². The van der Waals surface area contributed by atoms with Gasteiger partial charge in [0.1, 0.15) is 0 Å². The molecule has 0 aromatic carbocycles. The lowest BCUT2D eigenvalue weighted by Gasteiger charge is -2.39. The summed E-state index contributed by atoms with van der Waals surface area (Å²) in [5.41, 5.74) is 0. The highest BCUT2D eigenvalue weighted by molar-refractivity contribution is 6.74. The van der Waals surface area contributed by atoms with Crippen LogP contribution in [-0.2, 0) is 9.22 Å². The summed E-state index contributed by atoms with van der Waals surface area (Å²) < 4.78 is 6.45. The van der Waals surface area contributed by atoms with Gasteiger partial charge in [-0.15, -0.1) is 0 Å². The molecule has 0 bridgehead atoms. The molecule has 0 aromatic rings. The number of hydrogen-bond donors (Lipinski definition) is 1. The molecule has 3 nitrogen and oxygen atoms in total. The van der Waals surface area contributed by atoms with Crippen LogP contribution in [0.25, 0.3) is 0 Å². The molecule has 0 aromatic heterocycles. The van der Waals surface area contributed by atoms with Crippen LogP contribution in [0.15, 0.2) is 12.2 Å². The van der Waals surface area contributed by atoms with E-state index in [4.69, 9.17) is 4.43 Å². The number of aliphatic hydroxyl groups excluding tert-OH is 1. The average Bonchev–Trinajstić information content (AvgIpc) is 2.36. The van der Waals surface area contributed by atoms with Crippen LogP contribution in [0.2, 0.25) is 18.1 Å². The predicted molar refractivity (Wildman–Crippen MR) is 89.9 cm³/mol. The van der Waals surface area contributed by atoms with E-state index in [1.165, 1.54) is 6.08 Å². The summed E-state index contributed by atoms with van der Waals surface area (Å²) in [6.45, 7) is 13.4. The van der Waals surface area contributed by atoms with Crippen LogP contribution in [0.4, 0.5) is 0 Å². The third kappa shape index (κ3) is 5.35. The fourth-order valence-electron chi connectivity index (χ4n) is 2.42. The Morgan fingerprint density at radius 2 is 2.05 bits per heavy atom. The van der Waals surface area contributed by atoms with E-state index in [-0.39, 0.29) is 22.8 Å². The Morgan fingerprint density at radius 3 is 2.57 bits per heavy atom. The monoisotopic (exact) mass is 312 g/mol. The molecule has 3 unspecified atom stereocenters. The zero-order valence-corrected chi connectivity index (χ0v) is 15.5. The molecule has 1 N–H and O–H groups in total. The summed E-state index contributed by atoms with van der Waals surface area (Å²) >= 11 is 0. The Balaban J connectivity index is 2.56. The molecule has 21 heavy (non-hydrogen) atoms. The van der Waals surface area contributed by atoms with Crippen molar-refractivity contribution in [3.63, 3.8) is 0 Å². The lowest BCUT2D eigenvalue weighted by Crippen LogP contribution is -2.44. The molecule has 1 rings (SSSR count). The van der Waals surface area contributed by atoms with Gasteiger partial charge < -0.3 is 9.53 Å². The fourth-order valence-corrected chi connectivity index (χ4v) is 3.89. The summed E-state index contributed by atoms with van der Waals surface area (Å²) in [5, 5.41) is 9.86. The van der Waals surface area contributed by atoms with Gasteiger partial charge in [-0.2, -0.15) is 0 Å². The zero-order chi connectivity index (χ0) is 16.3. The zero-order valence-electron chi connectivity index (χ0n) is 14.5. The van der Waals surface area contributed by atoms with Crippen LogP contribution >= 0.6 is 0 Å². The maximum Gasteiger partial charge on any atom is 0.192 e.